The van der Waals surface area contributed by atoms with Crippen LogP contribution in [0.1, 0.15) is 49.9 Å². The predicted molar refractivity (Wildman–Crippen MR) is 197 cm³/mol. The summed E-state index contributed by atoms with van der Waals surface area (Å²) in [7, 11) is -3.75. The number of nitrogen functional groups attached to an aromatic ring is 2. The Morgan fingerprint density at radius 2 is 0.612 bits per heavy atom. The molecule has 0 spiro atoms. The summed E-state index contributed by atoms with van der Waals surface area (Å²) in [5.74, 6) is 2.39. The number of benzene rings is 6. The number of anilines is 2. The molecule has 0 aromatic heterocycles. The molecule has 0 saturated carbocycles. The minimum atomic E-state index is -3.75. The van der Waals surface area contributed by atoms with Crippen molar-refractivity contribution in [1.82, 2.24) is 0 Å². The number of hydrogen-bond acceptors (Lipinski definition) is 6. The number of sulfone groups is 1. The molecule has 0 bridgehead atoms. The van der Waals surface area contributed by atoms with E-state index >= 15 is 0 Å². The maximum atomic E-state index is 13.4. The van der Waals surface area contributed by atoms with E-state index in [4.69, 9.17) is 20.9 Å². The SMILES string of the molecule is CC(C)(c1ccc(N)cc1)c1ccc(Oc2ccc(S(=O)(=O)c3ccc(Oc4ccc(C(C)(C)c5ccc(N)cc5)cc4)cc3)cc2)cc1. The maximum Gasteiger partial charge on any atom is 0.206 e. The molecule has 6 rings (SSSR count). The van der Waals surface area contributed by atoms with E-state index in [0.717, 1.165) is 33.6 Å². The molecular weight excluding hydrogens is 629 g/mol. The van der Waals surface area contributed by atoms with Gasteiger partial charge in [-0.15, -0.1) is 0 Å². The third kappa shape index (κ3) is 7.17. The van der Waals surface area contributed by atoms with Gasteiger partial charge >= 0.3 is 0 Å². The third-order valence-electron chi connectivity index (χ3n) is 9.16. The average molecular weight is 669 g/mol. The zero-order valence-corrected chi connectivity index (χ0v) is 28.9. The Balaban J connectivity index is 1.08. The van der Waals surface area contributed by atoms with Gasteiger partial charge in [-0.1, -0.05) is 76.2 Å². The highest BCUT2D eigenvalue weighted by molar-refractivity contribution is 7.91. The monoisotopic (exact) mass is 668 g/mol. The van der Waals surface area contributed by atoms with Crippen LogP contribution in [0.3, 0.4) is 0 Å². The fourth-order valence-electron chi connectivity index (χ4n) is 5.79. The summed E-state index contributed by atoms with van der Waals surface area (Å²) < 4.78 is 38.9. The van der Waals surface area contributed by atoms with Crippen LogP contribution in [0.4, 0.5) is 11.4 Å². The Morgan fingerprint density at radius 3 is 0.878 bits per heavy atom. The zero-order valence-electron chi connectivity index (χ0n) is 28.1. The molecule has 0 aliphatic carbocycles. The summed E-state index contributed by atoms with van der Waals surface area (Å²) in [5, 5.41) is 0. The van der Waals surface area contributed by atoms with Crippen LogP contribution in [0.5, 0.6) is 23.0 Å². The van der Waals surface area contributed by atoms with E-state index in [9.17, 15) is 8.42 Å². The van der Waals surface area contributed by atoms with Crippen LogP contribution in [-0.2, 0) is 20.7 Å². The topological polar surface area (TPSA) is 105 Å². The molecule has 248 valence electrons. The van der Waals surface area contributed by atoms with Crippen molar-refractivity contribution < 1.29 is 17.9 Å². The lowest BCUT2D eigenvalue weighted by atomic mass is 9.78. The summed E-state index contributed by atoms with van der Waals surface area (Å²) in [6, 6.07) is 44.5. The number of hydrogen-bond donors (Lipinski definition) is 2. The predicted octanol–water partition coefficient (Wildman–Crippen LogP) is 9.92. The van der Waals surface area contributed by atoms with Gasteiger partial charge < -0.3 is 20.9 Å². The molecule has 6 aromatic rings. The summed E-state index contributed by atoms with van der Waals surface area (Å²) in [5.41, 5.74) is 17.4. The van der Waals surface area contributed by atoms with E-state index in [0.29, 0.717) is 23.0 Å². The molecule has 6 aromatic carbocycles. The van der Waals surface area contributed by atoms with Gasteiger partial charge in [0.1, 0.15) is 23.0 Å². The van der Waals surface area contributed by atoms with Crippen LogP contribution in [0.25, 0.3) is 0 Å². The standard InChI is InChI=1S/C42H40N2O4S/c1-41(2,29-5-13-33(43)14-6-29)31-9-17-35(18-10-31)47-37-21-25-39(26-22-37)49(45,46)40-27-23-38(24-28-40)48-36-19-11-32(12-20-36)42(3,4)30-7-15-34(44)16-8-30/h5-28H,43-44H2,1-4H3. The molecule has 0 amide bonds. The van der Waals surface area contributed by atoms with Gasteiger partial charge in [0.2, 0.25) is 9.84 Å². The third-order valence-corrected chi connectivity index (χ3v) is 10.9. The Morgan fingerprint density at radius 1 is 0.388 bits per heavy atom. The Labute approximate surface area is 288 Å². The first-order valence-corrected chi connectivity index (χ1v) is 17.5. The van der Waals surface area contributed by atoms with Gasteiger partial charge in [-0.3, -0.25) is 0 Å². The summed E-state index contributed by atoms with van der Waals surface area (Å²) >= 11 is 0. The first-order valence-electron chi connectivity index (χ1n) is 16.1. The minimum Gasteiger partial charge on any atom is -0.457 e. The van der Waals surface area contributed by atoms with Gasteiger partial charge in [0, 0.05) is 22.2 Å². The molecule has 0 unspecified atom stereocenters. The second kappa shape index (κ2) is 13.2. The summed E-state index contributed by atoms with van der Waals surface area (Å²) in [6.07, 6.45) is 0. The average Bonchev–Trinajstić information content (AvgIpc) is 3.10. The van der Waals surface area contributed by atoms with Crippen LogP contribution in [-0.4, -0.2) is 8.42 Å². The van der Waals surface area contributed by atoms with E-state index in [1.807, 2.05) is 97.1 Å². The second-order valence-electron chi connectivity index (χ2n) is 13.2. The van der Waals surface area contributed by atoms with Crippen LogP contribution in [0.15, 0.2) is 155 Å². The summed E-state index contributed by atoms with van der Waals surface area (Å²) in [4.78, 5) is 0.349. The van der Waals surface area contributed by atoms with Crippen molar-refractivity contribution in [1.29, 1.82) is 0 Å². The fraction of sp³-hybridized carbons (Fsp3) is 0.143. The van der Waals surface area contributed by atoms with E-state index in [2.05, 4.69) is 27.7 Å². The molecule has 0 heterocycles. The van der Waals surface area contributed by atoms with Crippen LogP contribution in [0.2, 0.25) is 0 Å². The normalized spacial score (nSPS) is 12.0. The highest BCUT2D eigenvalue weighted by Crippen LogP contribution is 2.36. The largest absolute Gasteiger partial charge is 0.457 e. The molecule has 49 heavy (non-hydrogen) atoms. The fourth-order valence-corrected chi connectivity index (χ4v) is 7.06. The Hall–Kier alpha value is -5.53. The first-order chi connectivity index (χ1) is 23.3. The number of rotatable bonds is 10. The lowest BCUT2D eigenvalue weighted by Crippen LogP contribution is -2.18. The molecule has 0 atom stereocenters. The lowest BCUT2D eigenvalue weighted by Gasteiger charge is -2.26. The summed E-state index contributed by atoms with van der Waals surface area (Å²) in [6.45, 7) is 8.66. The van der Waals surface area contributed by atoms with Crippen molar-refractivity contribution in [2.45, 2.75) is 48.3 Å². The molecule has 0 aliphatic rings. The molecule has 0 saturated heterocycles. The quantitative estimate of drug-likeness (QED) is 0.141. The molecule has 6 nitrogen and oxygen atoms in total. The van der Waals surface area contributed by atoms with Crippen LogP contribution >= 0.6 is 0 Å². The van der Waals surface area contributed by atoms with E-state index < -0.39 is 9.84 Å². The van der Waals surface area contributed by atoms with Crippen molar-refractivity contribution in [3.8, 4) is 23.0 Å². The van der Waals surface area contributed by atoms with Crippen molar-refractivity contribution in [2.75, 3.05) is 11.5 Å². The van der Waals surface area contributed by atoms with Gasteiger partial charge in [0.25, 0.3) is 0 Å². The molecule has 7 heteroatoms. The highest BCUT2D eigenvalue weighted by Gasteiger charge is 2.24. The molecule has 4 N–H and O–H groups in total. The van der Waals surface area contributed by atoms with E-state index in [-0.39, 0.29) is 20.6 Å². The van der Waals surface area contributed by atoms with Gasteiger partial charge in [-0.25, -0.2) is 8.42 Å². The van der Waals surface area contributed by atoms with Crippen molar-refractivity contribution >= 4 is 21.2 Å². The smallest absolute Gasteiger partial charge is 0.206 e. The van der Waals surface area contributed by atoms with Gasteiger partial charge in [0.15, 0.2) is 0 Å². The van der Waals surface area contributed by atoms with Gasteiger partial charge in [-0.2, -0.15) is 0 Å². The number of ether oxygens (including phenoxy) is 2. The highest BCUT2D eigenvalue weighted by atomic mass is 32.2. The Bertz CT molecular complexity index is 1990. The second-order valence-corrected chi connectivity index (χ2v) is 15.1. The molecule has 0 fully saturated rings. The molecule has 0 aliphatic heterocycles. The Kier molecular flexibility index (Phi) is 8.97. The minimum absolute atomic E-state index is 0.174. The molecular formula is C42H40N2O4S. The van der Waals surface area contributed by atoms with Gasteiger partial charge in [-0.05, 0) is 119 Å². The number of nitrogens with two attached hydrogens (primary N) is 2. The lowest BCUT2D eigenvalue weighted by molar-refractivity contribution is 0.481. The first kappa shape index (κ1) is 33.4. The van der Waals surface area contributed by atoms with E-state index in [1.54, 1.807) is 48.5 Å². The van der Waals surface area contributed by atoms with Crippen LogP contribution in [0, 0.1) is 0 Å². The van der Waals surface area contributed by atoms with Crippen molar-refractivity contribution in [3.63, 3.8) is 0 Å². The van der Waals surface area contributed by atoms with Gasteiger partial charge in [0.05, 0.1) is 9.79 Å². The van der Waals surface area contributed by atoms with E-state index in [1.165, 1.54) is 0 Å². The van der Waals surface area contributed by atoms with Crippen molar-refractivity contribution in [2.24, 2.45) is 0 Å². The van der Waals surface area contributed by atoms with Crippen LogP contribution < -0.4 is 20.9 Å². The van der Waals surface area contributed by atoms with Crippen molar-refractivity contribution in [3.05, 3.63) is 168 Å². The molecule has 0 radical (unpaired) electrons. The maximum absolute atomic E-state index is 13.4. The zero-order chi connectivity index (χ0) is 34.8.